The van der Waals surface area contributed by atoms with Gasteiger partial charge in [-0.3, -0.25) is 0 Å². The maximum absolute atomic E-state index is 10.9. The summed E-state index contributed by atoms with van der Waals surface area (Å²) in [7, 11) is 0. The van der Waals surface area contributed by atoms with Crippen molar-refractivity contribution in [3.05, 3.63) is 28.9 Å². The van der Waals surface area contributed by atoms with Crippen LogP contribution in [0.1, 0.15) is 34.9 Å². The normalized spacial score (nSPS) is 14.3. The molecule has 0 unspecified atom stereocenters. The summed E-state index contributed by atoms with van der Waals surface area (Å²) in [5.74, 6) is -0.167. The van der Waals surface area contributed by atoms with Crippen LogP contribution in [0.5, 0.6) is 0 Å². The summed E-state index contributed by atoms with van der Waals surface area (Å²) in [5.41, 5.74) is 7.21. The highest BCUT2D eigenvalue weighted by Crippen LogP contribution is 2.41. The van der Waals surface area contributed by atoms with Crippen molar-refractivity contribution in [3.63, 3.8) is 0 Å². The van der Waals surface area contributed by atoms with Crippen molar-refractivity contribution < 1.29 is 9.90 Å². The summed E-state index contributed by atoms with van der Waals surface area (Å²) < 4.78 is 0. The van der Waals surface area contributed by atoms with Crippen LogP contribution >= 0.6 is 11.3 Å². The molecule has 0 atom stereocenters. The van der Waals surface area contributed by atoms with E-state index in [1.807, 2.05) is 5.38 Å². The van der Waals surface area contributed by atoms with Gasteiger partial charge in [0.05, 0.1) is 11.4 Å². The SMILES string of the molecule is Nc1ccc(C(=O)O)nc1Nc1nc(C2CC2)cs1. The standard InChI is InChI=1S/C12H12N4O2S/c13-7-3-4-8(11(17)18)14-10(7)16-12-15-9(5-19-12)6-1-2-6/h3-6H,1-2,13H2,(H,17,18)(H,14,15,16). The highest BCUT2D eigenvalue weighted by atomic mass is 32.1. The van der Waals surface area contributed by atoms with Crippen LogP contribution in [-0.2, 0) is 0 Å². The number of carboxylic acids is 1. The number of carbonyl (C=O) groups is 1. The molecule has 2 aromatic rings. The molecular formula is C12H12N4O2S. The maximum atomic E-state index is 10.9. The highest BCUT2D eigenvalue weighted by molar-refractivity contribution is 7.13. The molecule has 1 fully saturated rings. The third kappa shape index (κ3) is 2.50. The predicted molar refractivity (Wildman–Crippen MR) is 73.0 cm³/mol. The fourth-order valence-corrected chi connectivity index (χ4v) is 2.49. The second kappa shape index (κ2) is 4.51. The molecule has 1 aliphatic rings. The zero-order chi connectivity index (χ0) is 13.4. The van der Waals surface area contributed by atoms with Crippen LogP contribution in [0, 0.1) is 0 Å². The first-order valence-electron chi connectivity index (χ1n) is 5.86. The van der Waals surface area contributed by atoms with E-state index in [1.165, 1.54) is 36.3 Å². The van der Waals surface area contributed by atoms with Gasteiger partial charge in [-0.1, -0.05) is 0 Å². The van der Waals surface area contributed by atoms with Gasteiger partial charge in [0.25, 0.3) is 0 Å². The van der Waals surface area contributed by atoms with Gasteiger partial charge < -0.3 is 16.2 Å². The van der Waals surface area contributed by atoms with Crippen molar-refractivity contribution >= 4 is 33.9 Å². The number of hydrogen-bond donors (Lipinski definition) is 3. The van der Waals surface area contributed by atoms with Crippen LogP contribution < -0.4 is 11.1 Å². The van der Waals surface area contributed by atoms with Crippen LogP contribution in [0.4, 0.5) is 16.6 Å². The fourth-order valence-electron chi connectivity index (χ4n) is 1.70. The van der Waals surface area contributed by atoms with Crippen LogP contribution in [-0.4, -0.2) is 21.0 Å². The van der Waals surface area contributed by atoms with Crippen LogP contribution in [0.15, 0.2) is 17.5 Å². The molecule has 0 saturated heterocycles. The second-order valence-electron chi connectivity index (χ2n) is 4.42. The van der Waals surface area contributed by atoms with E-state index in [9.17, 15) is 4.79 Å². The maximum Gasteiger partial charge on any atom is 0.354 e. The lowest BCUT2D eigenvalue weighted by Crippen LogP contribution is -2.05. The molecule has 2 aromatic heterocycles. The third-order valence-electron chi connectivity index (χ3n) is 2.89. The smallest absolute Gasteiger partial charge is 0.354 e. The molecule has 1 saturated carbocycles. The molecule has 0 aromatic carbocycles. The lowest BCUT2D eigenvalue weighted by Gasteiger charge is -2.06. The topological polar surface area (TPSA) is 101 Å². The molecule has 3 rings (SSSR count). The molecule has 0 radical (unpaired) electrons. The minimum absolute atomic E-state index is 0.0457. The summed E-state index contributed by atoms with van der Waals surface area (Å²) in [6.07, 6.45) is 2.39. The van der Waals surface area contributed by atoms with Gasteiger partial charge in [-0.15, -0.1) is 11.3 Å². The first kappa shape index (κ1) is 11.9. The molecule has 0 amide bonds. The average molecular weight is 276 g/mol. The van der Waals surface area contributed by atoms with E-state index < -0.39 is 5.97 Å². The van der Waals surface area contributed by atoms with E-state index in [4.69, 9.17) is 10.8 Å². The monoisotopic (exact) mass is 276 g/mol. The highest BCUT2D eigenvalue weighted by Gasteiger charge is 2.26. The number of nitrogens with two attached hydrogens (primary N) is 1. The van der Waals surface area contributed by atoms with Crippen LogP contribution in [0.2, 0.25) is 0 Å². The molecule has 0 spiro atoms. The van der Waals surface area contributed by atoms with E-state index in [2.05, 4.69) is 15.3 Å². The number of thiazole rings is 1. The van der Waals surface area contributed by atoms with E-state index in [1.54, 1.807) is 0 Å². The van der Waals surface area contributed by atoms with Gasteiger partial charge in [0.1, 0.15) is 0 Å². The number of nitrogen functional groups attached to an aromatic ring is 1. The third-order valence-corrected chi connectivity index (χ3v) is 3.66. The summed E-state index contributed by atoms with van der Waals surface area (Å²) in [4.78, 5) is 19.3. The Balaban J connectivity index is 1.84. The van der Waals surface area contributed by atoms with Gasteiger partial charge in [-0.05, 0) is 25.0 Å². The molecule has 6 nitrogen and oxygen atoms in total. The number of nitrogens with zero attached hydrogens (tertiary/aromatic N) is 2. The zero-order valence-electron chi connectivity index (χ0n) is 9.96. The minimum atomic E-state index is -1.08. The summed E-state index contributed by atoms with van der Waals surface area (Å²) in [5, 5.41) is 14.6. The van der Waals surface area contributed by atoms with Crippen LogP contribution in [0.3, 0.4) is 0 Å². The molecule has 0 aliphatic heterocycles. The van der Waals surface area contributed by atoms with E-state index in [-0.39, 0.29) is 5.69 Å². The summed E-state index contributed by atoms with van der Waals surface area (Å²) in [6, 6.07) is 2.90. The first-order valence-corrected chi connectivity index (χ1v) is 6.73. The van der Waals surface area contributed by atoms with Gasteiger partial charge >= 0.3 is 5.97 Å². The van der Waals surface area contributed by atoms with Crippen LogP contribution in [0.25, 0.3) is 0 Å². The second-order valence-corrected chi connectivity index (χ2v) is 5.27. The Morgan fingerprint density at radius 3 is 2.89 bits per heavy atom. The molecule has 0 bridgehead atoms. The number of carboxylic acid groups (broad SMARTS) is 1. The van der Waals surface area contributed by atoms with Crippen molar-refractivity contribution in [3.8, 4) is 0 Å². The van der Waals surface area contributed by atoms with Crippen molar-refractivity contribution in [2.45, 2.75) is 18.8 Å². The van der Waals surface area contributed by atoms with E-state index in [0.717, 1.165) is 5.69 Å². The number of hydrogen-bond acceptors (Lipinski definition) is 6. The van der Waals surface area contributed by atoms with Gasteiger partial charge in [0, 0.05) is 11.3 Å². The fraction of sp³-hybridized carbons (Fsp3) is 0.250. The molecule has 7 heteroatoms. The molecule has 19 heavy (non-hydrogen) atoms. The lowest BCUT2D eigenvalue weighted by molar-refractivity contribution is 0.0690. The first-order chi connectivity index (χ1) is 9.13. The Kier molecular flexibility index (Phi) is 2.83. The van der Waals surface area contributed by atoms with Gasteiger partial charge in [0.2, 0.25) is 0 Å². The molecule has 1 aliphatic carbocycles. The number of aromatic carboxylic acids is 1. The van der Waals surface area contributed by atoms with Crippen molar-refractivity contribution in [1.29, 1.82) is 0 Å². The van der Waals surface area contributed by atoms with Gasteiger partial charge in [0.15, 0.2) is 16.6 Å². The molecular weight excluding hydrogens is 264 g/mol. The summed E-state index contributed by atoms with van der Waals surface area (Å²) in [6.45, 7) is 0. The number of pyridine rings is 1. The Morgan fingerprint density at radius 2 is 2.21 bits per heavy atom. The van der Waals surface area contributed by atoms with Gasteiger partial charge in [-0.2, -0.15) is 0 Å². The predicted octanol–water partition coefficient (Wildman–Crippen LogP) is 2.44. The number of nitrogens with one attached hydrogen (secondary N) is 1. The lowest BCUT2D eigenvalue weighted by atomic mass is 10.3. The Bertz CT molecular complexity index is 636. The largest absolute Gasteiger partial charge is 0.477 e. The molecule has 2 heterocycles. The quantitative estimate of drug-likeness (QED) is 0.792. The number of rotatable bonds is 4. The Morgan fingerprint density at radius 1 is 1.42 bits per heavy atom. The Hall–Kier alpha value is -2.15. The number of aromatic nitrogens is 2. The number of anilines is 3. The Labute approximate surface area is 113 Å². The zero-order valence-corrected chi connectivity index (χ0v) is 10.8. The van der Waals surface area contributed by atoms with Crippen molar-refractivity contribution in [2.75, 3.05) is 11.1 Å². The minimum Gasteiger partial charge on any atom is -0.477 e. The molecule has 4 N–H and O–H groups in total. The molecule has 98 valence electrons. The summed E-state index contributed by atoms with van der Waals surface area (Å²) >= 11 is 1.47. The van der Waals surface area contributed by atoms with Gasteiger partial charge in [-0.25, -0.2) is 14.8 Å². The average Bonchev–Trinajstić information content (AvgIpc) is 3.13. The van der Waals surface area contributed by atoms with E-state index in [0.29, 0.717) is 22.6 Å². The van der Waals surface area contributed by atoms with Crippen molar-refractivity contribution in [2.24, 2.45) is 0 Å². The van der Waals surface area contributed by atoms with Crippen molar-refractivity contribution in [1.82, 2.24) is 9.97 Å². The van der Waals surface area contributed by atoms with E-state index >= 15 is 0 Å².